The number of aromatic nitrogens is 2. The molecule has 2 rings (SSSR count). The average molecular weight is 291 g/mol. The summed E-state index contributed by atoms with van der Waals surface area (Å²) in [6.07, 6.45) is 9.96. The molecule has 4 heteroatoms. The first-order chi connectivity index (χ1) is 9.95. The quantitative estimate of drug-likeness (QED) is 0.874. The van der Waals surface area contributed by atoms with Crippen molar-refractivity contribution in [2.24, 2.45) is 17.3 Å². The van der Waals surface area contributed by atoms with Crippen LogP contribution in [0.15, 0.2) is 12.4 Å². The Bertz CT molecular complexity index is 425. The standard InChI is InChI=1S/C17H29N3O/c1-17(2,3)14-6-4-13(5-7-14)12-16(21)20-9-8-15-18-10-11-19-15/h10-11,13-14H,4-9,12H2,1-3H3,(H,18,19)(H,20,21). The number of amides is 1. The van der Waals surface area contributed by atoms with E-state index in [4.69, 9.17) is 0 Å². The molecule has 21 heavy (non-hydrogen) atoms. The molecule has 1 aliphatic rings. The zero-order valence-electron chi connectivity index (χ0n) is 13.6. The van der Waals surface area contributed by atoms with Gasteiger partial charge in [-0.1, -0.05) is 20.8 Å². The number of hydrogen-bond donors (Lipinski definition) is 2. The average Bonchev–Trinajstić information content (AvgIpc) is 2.91. The van der Waals surface area contributed by atoms with Crippen molar-refractivity contribution < 1.29 is 4.79 Å². The van der Waals surface area contributed by atoms with Gasteiger partial charge in [-0.2, -0.15) is 0 Å². The van der Waals surface area contributed by atoms with Crippen LogP contribution in [0.1, 0.15) is 58.7 Å². The Labute approximate surface area is 128 Å². The Balaban J connectivity index is 1.63. The van der Waals surface area contributed by atoms with Gasteiger partial charge in [-0.15, -0.1) is 0 Å². The van der Waals surface area contributed by atoms with E-state index < -0.39 is 0 Å². The van der Waals surface area contributed by atoms with Crippen LogP contribution in [-0.2, 0) is 11.2 Å². The molecule has 0 aliphatic heterocycles. The van der Waals surface area contributed by atoms with Gasteiger partial charge in [0.2, 0.25) is 5.91 Å². The van der Waals surface area contributed by atoms with Gasteiger partial charge in [0, 0.05) is 31.8 Å². The molecule has 1 aliphatic carbocycles. The van der Waals surface area contributed by atoms with Crippen molar-refractivity contribution in [2.45, 2.75) is 59.3 Å². The molecule has 1 aromatic rings. The predicted molar refractivity (Wildman–Crippen MR) is 84.8 cm³/mol. The smallest absolute Gasteiger partial charge is 0.220 e. The van der Waals surface area contributed by atoms with Crippen LogP contribution in [0.5, 0.6) is 0 Å². The second-order valence-electron chi connectivity index (χ2n) is 7.42. The molecule has 0 radical (unpaired) electrons. The van der Waals surface area contributed by atoms with Crippen molar-refractivity contribution in [3.63, 3.8) is 0 Å². The molecule has 1 amide bonds. The van der Waals surface area contributed by atoms with Crippen LogP contribution in [0.4, 0.5) is 0 Å². The maximum atomic E-state index is 12.0. The van der Waals surface area contributed by atoms with E-state index in [1.807, 2.05) is 6.20 Å². The molecule has 0 saturated heterocycles. The topological polar surface area (TPSA) is 57.8 Å². The number of H-pyrrole nitrogens is 1. The lowest BCUT2D eigenvalue weighted by molar-refractivity contribution is -0.122. The van der Waals surface area contributed by atoms with Gasteiger partial charge < -0.3 is 10.3 Å². The molecule has 1 heterocycles. The third-order valence-electron chi connectivity index (χ3n) is 4.78. The SMILES string of the molecule is CC(C)(C)C1CCC(CC(=O)NCCc2ncc[nH]2)CC1. The van der Waals surface area contributed by atoms with Crippen molar-refractivity contribution in [1.29, 1.82) is 0 Å². The molecular weight excluding hydrogens is 262 g/mol. The van der Waals surface area contributed by atoms with Crippen LogP contribution < -0.4 is 5.32 Å². The minimum Gasteiger partial charge on any atom is -0.356 e. The number of rotatable bonds is 5. The van der Waals surface area contributed by atoms with Crippen molar-refractivity contribution >= 4 is 5.91 Å². The lowest BCUT2D eigenvalue weighted by Gasteiger charge is -2.36. The van der Waals surface area contributed by atoms with E-state index in [2.05, 4.69) is 36.1 Å². The normalized spacial score (nSPS) is 23.0. The third kappa shape index (κ3) is 5.18. The van der Waals surface area contributed by atoms with Crippen LogP contribution in [0, 0.1) is 17.3 Å². The maximum Gasteiger partial charge on any atom is 0.220 e. The molecule has 0 spiro atoms. The molecular formula is C17H29N3O. The fourth-order valence-electron chi connectivity index (χ4n) is 3.32. The molecule has 1 aromatic heterocycles. The number of hydrogen-bond acceptors (Lipinski definition) is 2. The Morgan fingerprint density at radius 3 is 2.62 bits per heavy atom. The molecule has 2 N–H and O–H groups in total. The van der Waals surface area contributed by atoms with Crippen LogP contribution in [0.3, 0.4) is 0 Å². The summed E-state index contributed by atoms with van der Waals surface area (Å²) in [5, 5.41) is 3.01. The Morgan fingerprint density at radius 2 is 2.05 bits per heavy atom. The Morgan fingerprint density at radius 1 is 1.33 bits per heavy atom. The number of nitrogens with zero attached hydrogens (tertiary/aromatic N) is 1. The first-order valence-electron chi connectivity index (χ1n) is 8.20. The van der Waals surface area contributed by atoms with E-state index in [1.165, 1.54) is 25.7 Å². The second-order valence-corrected chi connectivity index (χ2v) is 7.42. The van der Waals surface area contributed by atoms with Crippen LogP contribution in [-0.4, -0.2) is 22.4 Å². The fourth-order valence-corrected chi connectivity index (χ4v) is 3.32. The Hall–Kier alpha value is -1.32. The van der Waals surface area contributed by atoms with Crippen molar-refractivity contribution in [2.75, 3.05) is 6.54 Å². The predicted octanol–water partition coefficient (Wildman–Crippen LogP) is 3.31. The highest BCUT2D eigenvalue weighted by molar-refractivity contribution is 5.76. The summed E-state index contributed by atoms with van der Waals surface area (Å²) in [5.74, 6) is 2.52. The van der Waals surface area contributed by atoms with Gasteiger partial charge in [-0.05, 0) is 42.9 Å². The van der Waals surface area contributed by atoms with E-state index in [-0.39, 0.29) is 5.91 Å². The number of aromatic amines is 1. The van der Waals surface area contributed by atoms with E-state index >= 15 is 0 Å². The monoisotopic (exact) mass is 291 g/mol. The molecule has 1 fully saturated rings. The molecule has 0 unspecified atom stereocenters. The largest absolute Gasteiger partial charge is 0.356 e. The molecule has 0 bridgehead atoms. The number of nitrogens with one attached hydrogen (secondary N) is 2. The minimum absolute atomic E-state index is 0.195. The van der Waals surface area contributed by atoms with Crippen LogP contribution in [0.25, 0.3) is 0 Å². The zero-order chi connectivity index (χ0) is 15.3. The number of carbonyl (C=O) groups excluding carboxylic acids is 1. The highest BCUT2D eigenvalue weighted by atomic mass is 16.1. The van der Waals surface area contributed by atoms with E-state index in [0.717, 1.165) is 18.2 Å². The first kappa shape index (κ1) is 16.1. The maximum absolute atomic E-state index is 12.0. The summed E-state index contributed by atoms with van der Waals surface area (Å²) in [7, 11) is 0. The second kappa shape index (κ2) is 7.10. The summed E-state index contributed by atoms with van der Waals surface area (Å²) in [4.78, 5) is 19.2. The highest BCUT2D eigenvalue weighted by Crippen LogP contribution is 2.40. The van der Waals surface area contributed by atoms with Crippen LogP contribution in [0.2, 0.25) is 0 Å². The minimum atomic E-state index is 0.195. The fraction of sp³-hybridized carbons (Fsp3) is 0.765. The van der Waals surface area contributed by atoms with Gasteiger partial charge in [0.1, 0.15) is 5.82 Å². The summed E-state index contributed by atoms with van der Waals surface area (Å²) < 4.78 is 0. The lowest BCUT2D eigenvalue weighted by Crippen LogP contribution is -2.31. The molecule has 0 aromatic carbocycles. The number of imidazole rings is 1. The van der Waals surface area contributed by atoms with Crippen molar-refractivity contribution in [1.82, 2.24) is 15.3 Å². The van der Waals surface area contributed by atoms with Gasteiger partial charge in [-0.25, -0.2) is 4.98 Å². The lowest BCUT2D eigenvalue weighted by atomic mass is 9.69. The van der Waals surface area contributed by atoms with Gasteiger partial charge >= 0.3 is 0 Å². The molecule has 0 atom stereocenters. The van der Waals surface area contributed by atoms with Gasteiger partial charge in [0.15, 0.2) is 0 Å². The van der Waals surface area contributed by atoms with Crippen molar-refractivity contribution in [3.05, 3.63) is 18.2 Å². The summed E-state index contributed by atoms with van der Waals surface area (Å²) in [6, 6.07) is 0. The molecule has 118 valence electrons. The first-order valence-corrected chi connectivity index (χ1v) is 8.20. The van der Waals surface area contributed by atoms with E-state index in [1.54, 1.807) is 6.20 Å². The summed E-state index contributed by atoms with van der Waals surface area (Å²) in [5.41, 5.74) is 0.413. The molecule has 4 nitrogen and oxygen atoms in total. The Kier molecular flexibility index (Phi) is 5.43. The number of carbonyl (C=O) groups is 1. The summed E-state index contributed by atoms with van der Waals surface area (Å²) >= 11 is 0. The zero-order valence-corrected chi connectivity index (χ0v) is 13.6. The van der Waals surface area contributed by atoms with Gasteiger partial charge in [0.25, 0.3) is 0 Å². The van der Waals surface area contributed by atoms with E-state index in [0.29, 0.717) is 24.3 Å². The van der Waals surface area contributed by atoms with E-state index in [9.17, 15) is 4.79 Å². The van der Waals surface area contributed by atoms with Crippen molar-refractivity contribution in [3.8, 4) is 0 Å². The van der Waals surface area contributed by atoms with Crippen LogP contribution >= 0.6 is 0 Å². The van der Waals surface area contributed by atoms with Gasteiger partial charge in [0.05, 0.1) is 0 Å². The highest BCUT2D eigenvalue weighted by Gasteiger charge is 2.30. The summed E-state index contributed by atoms with van der Waals surface area (Å²) in [6.45, 7) is 7.67. The van der Waals surface area contributed by atoms with Gasteiger partial charge in [-0.3, -0.25) is 4.79 Å². The third-order valence-corrected chi connectivity index (χ3v) is 4.78. The molecule has 1 saturated carbocycles.